The van der Waals surface area contributed by atoms with Gasteiger partial charge in [0.05, 0.1) is 26.1 Å². The van der Waals surface area contributed by atoms with Crippen molar-refractivity contribution in [2.45, 2.75) is 65.7 Å². The molecule has 4 heteroatoms. The zero-order valence-corrected chi connectivity index (χ0v) is 15.4. The van der Waals surface area contributed by atoms with Gasteiger partial charge in [-0.3, -0.25) is 9.28 Å². The molecule has 0 spiro atoms. The third-order valence-electron chi connectivity index (χ3n) is 4.83. The first-order valence-electron chi connectivity index (χ1n) is 9.44. The molecule has 0 fully saturated rings. The second-order valence-electron chi connectivity index (χ2n) is 6.57. The number of likely N-dealkylation sites (N-methyl/N-ethyl adjacent to an activating group) is 1. The molecular weight excluding hydrogens is 286 g/mol. The molecule has 0 radical (unpaired) electrons. The van der Waals surface area contributed by atoms with Crippen LogP contribution in [0, 0.1) is 0 Å². The molecule has 4 nitrogen and oxygen atoms in total. The van der Waals surface area contributed by atoms with Crippen molar-refractivity contribution in [2.24, 2.45) is 4.99 Å². The lowest BCUT2D eigenvalue weighted by molar-refractivity contribution is -0.832. The molecular formula is C19H36N3O+. The molecule has 1 amide bonds. The maximum Gasteiger partial charge on any atom is 0.217 e. The molecule has 1 aliphatic rings. The van der Waals surface area contributed by atoms with Gasteiger partial charge in [-0.2, -0.15) is 0 Å². The first-order valence-corrected chi connectivity index (χ1v) is 9.44. The van der Waals surface area contributed by atoms with Gasteiger partial charge in [0.1, 0.15) is 13.1 Å². The smallest absolute Gasteiger partial charge is 0.217 e. The second kappa shape index (κ2) is 11.4. The number of amides is 1. The number of amidine groups is 1. The standard InChI is InChI=1S/C19H35N3O/c1-4-6-7-8-9-10-11-12-13-19-21-15-17-22(19,5-2)16-14-20-18(3)23/h11-12H,4-10,13-17H2,1-3H3/p+1/b12-11+. The number of quaternary nitrogens is 1. The van der Waals surface area contributed by atoms with E-state index in [-0.39, 0.29) is 5.91 Å². The highest BCUT2D eigenvalue weighted by Gasteiger charge is 2.35. The van der Waals surface area contributed by atoms with Gasteiger partial charge in [-0.15, -0.1) is 0 Å². The summed E-state index contributed by atoms with van der Waals surface area (Å²) < 4.78 is 0.946. The summed E-state index contributed by atoms with van der Waals surface area (Å²) in [5, 5.41) is 2.93. The summed E-state index contributed by atoms with van der Waals surface area (Å²) in [5.41, 5.74) is 0. The fourth-order valence-corrected chi connectivity index (χ4v) is 3.27. The molecule has 1 N–H and O–H groups in total. The van der Waals surface area contributed by atoms with Crippen LogP contribution in [0.4, 0.5) is 0 Å². The lowest BCUT2D eigenvalue weighted by atomic mass is 10.1. The monoisotopic (exact) mass is 322 g/mol. The lowest BCUT2D eigenvalue weighted by Gasteiger charge is -2.33. The first kappa shape index (κ1) is 19.9. The van der Waals surface area contributed by atoms with E-state index >= 15 is 0 Å². The number of unbranched alkanes of at least 4 members (excludes halogenated alkanes) is 5. The van der Waals surface area contributed by atoms with Crippen molar-refractivity contribution in [3.8, 4) is 0 Å². The van der Waals surface area contributed by atoms with Crippen molar-refractivity contribution >= 4 is 11.7 Å². The quantitative estimate of drug-likeness (QED) is 0.332. The van der Waals surface area contributed by atoms with Crippen molar-refractivity contribution in [2.75, 3.05) is 32.7 Å². The Morgan fingerprint density at radius 1 is 1.22 bits per heavy atom. The van der Waals surface area contributed by atoms with Gasteiger partial charge in [0.15, 0.2) is 0 Å². The van der Waals surface area contributed by atoms with Crippen LogP contribution in [0.3, 0.4) is 0 Å². The molecule has 0 saturated heterocycles. The predicted octanol–water partition coefficient (Wildman–Crippen LogP) is 3.68. The van der Waals surface area contributed by atoms with Crippen LogP contribution in [-0.2, 0) is 4.79 Å². The summed E-state index contributed by atoms with van der Waals surface area (Å²) in [7, 11) is 0. The fraction of sp³-hybridized carbons (Fsp3) is 0.789. The van der Waals surface area contributed by atoms with E-state index in [9.17, 15) is 4.79 Å². The predicted molar refractivity (Wildman–Crippen MR) is 98.7 cm³/mol. The maximum atomic E-state index is 11.1. The van der Waals surface area contributed by atoms with E-state index < -0.39 is 0 Å². The largest absolute Gasteiger partial charge is 0.351 e. The highest BCUT2D eigenvalue weighted by atomic mass is 16.1. The summed E-state index contributed by atoms with van der Waals surface area (Å²) in [6.07, 6.45) is 13.5. The molecule has 0 aromatic heterocycles. The summed E-state index contributed by atoms with van der Waals surface area (Å²) in [5.74, 6) is 1.35. The zero-order valence-electron chi connectivity index (χ0n) is 15.4. The number of carbonyl (C=O) groups is 1. The molecule has 1 rings (SSSR count). The van der Waals surface area contributed by atoms with E-state index in [2.05, 4.69) is 31.3 Å². The average molecular weight is 323 g/mol. The number of rotatable bonds is 12. The van der Waals surface area contributed by atoms with E-state index in [1.807, 2.05) is 0 Å². The van der Waals surface area contributed by atoms with E-state index in [4.69, 9.17) is 4.99 Å². The molecule has 132 valence electrons. The molecule has 1 unspecified atom stereocenters. The number of nitrogens with zero attached hydrogens (tertiary/aromatic N) is 2. The Kier molecular flexibility index (Phi) is 9.85. The van der Waals surface area contributed by atoms with Gasteiger partial charge in [-0.05, 0) is 19.8 Å². The van der Waals surface area contributed by atoms with Crippen molar-refractivity contribution in [1.82, 2.24) is 5.32 Å². The number of carbonyl (C=O) groups excluding carboxylic acids is 1. The Labute approximate surface area is 142 Å². The van der Waals surface area contributed by atoms with Gasteiger partial charge >= 0.3 is 0 Å². The van der Waals surface area contributed by atoms with Gasteiger partial charge in [-0.1, -0.05) is 44.8 Å². The normalized spacial score (nSPS) is 20.9. The van der Waals surface area contributed by atoms with E-state index in [0.717, 1.165) is 43.6 Å². The third-order valence-corrected chi connectivity index (χ3v) is 4.83. The highest BCUT2D eigenvalue weighted by Crippen LogP contribution is 2.17. The maximum absolute atomic E-state index is 11.1. The third kappa shape index (κ3) is 7.30. The Bertz CT molecular complexity index is 403. The van der Waals surface area contributed by atoms with Crippen LogP contribution < -0.4 is 5.32 Å². The average Bonchev–Trinajstić information content (AvgIpc) is 2.93. The number of nitrogens with one attached hydrogen (secondary N) is 1. The van der Waals surface area contributed by atoms with Crippen molar-refractivity contribution in [3.05, 3.63) is 12.2 Å². The van der Waals surface area contributed by atoms with E-state index in [1.165, 1.54) is 44.4 Å². The van der Waals surface area contributed by atoms with Crippen LogP contribution >= 0.6 is 0 Å². The summed E-state index contributed by atoms with van der Waals surface area (Å²) >= 11 is 0. The topological polar surface area (TPSA) is 41.5 Å². The molecule has 1 atom stereocenters. The van der Waals surface area contributed by atoms with E-state index in [1.54, 1.807) is 6.92 Å². The second-order valence-corrected chi connectivity index (χ2v) is 6.57. The van der Waals surface area contributed by atoms with Crippen LogP contribution in [0.25, 0.3) is 0 Å². The Balaban J connectivity index is 2.34. The summed E-state index contributed by atoms with van der Waals surface area (Å²) in [4.78, 5) is 15.8. The molecule has 0 aromatic carbocycles. The molecule has 1 aliphatic heterocycles. The summed E-state index contributed by atoms with van der Waals surface area (Å²) in [6, 6.07) is 0. The number of hydrogen-bond acceptors (Lipinski definition) is 2. The van der Waals surface area contributed by atoms with Gasteiger partial charge < -0.3 is 5.32 Å². The minimum Gasteiger partial charge on any atom is -0.351 e. The van der Waals surface area contributed by atoms with Crippen LogP contribution in [0.2, 0.25) is 0 Å². The van der Waals surface area contributed by atoms with Gasteiger partial charge in [0, 0.05) is 6.92 Å². The van der Waals surface area contributed by atoms with Crippen molar-refractivity contribution < 1.29 is 9.28 Å². The number of aliphatic imine (C=N–C) groups is 1. The Morgan fingerprint density at radius 2 is 2.00 bits per heavy atom. The lowest BCUT2D eigenvalue weighted by Crippen LogP contribution is -2.53. The molecule has 1 heterocycles. The first-order chi connectivity index (χ1) is 11.1. The van der Waals surface area contributed by atoms with Crippen molar-refractivity contribution in [3.63, 3.8) is 0 Å². The number of allylic oxidation sites excluding steroid dienone is 1. The minimum atomic E-state index is 0.0555. The van der Waals surface area contributed by atoms with Gasteiger partial charge in [0.2, 0.25) is 11.7 Å². The number of hydrogen-bond donors (Lipinski definition) is 1. The minimum absolute atomic E-state index is 0.0555. The zero-order chi connectivity index (χ0) is 17.0. The molecule has 0 bridgehead atoms. The molecule has 23 heavy (non-hydrogen) atoms. The van der Waals surface area contributed by atoms with Crippen LogP contribution in [0.1, 0.15) is 65.7 Å². The molecule has 0 aliphatic carbocycles. The van der Waals surface area contributed by atoms with Crippen LogP contribution in [-0.4, -0.2) is 48.9 Å². The van der Waals surface area contributed by atoms with Gasteiger partial charge in [0.25, 0.3) is 0 Å². The Hall–Kier alpha value is -1.16. The van der Waals surface area contributed by atoms with Crippen LogP contribution in [0.5, 0.6) is 0 Å². The molecule has 0 saturated carbocycles. The van der Waals surface area contributed by atoms with Crippen molar-refractivity contribution in [1.29, 1.82) is 0 Å². The van der Waals surface area contributed by atoms with Gasteiger partial charge in [-0.25, -0.2) is 4.99 Å². The van der Waals surface area contributed by atoms with Crippen LogP contribution in [0.15, 0.2) is 17.1 Å². The Morgan fingerprint density at radius 3 is 2.70 bits per heavy atom. The highest BCUT2D eigenvalue weighted by molar-refractivity contribution is 5.78. The van der Waals surface area contributed by atoms with E-state index in [0.29, 0.717) is 0 Å². The summed E-state index contributed by atoms with van der Waals surface area (Å²) in [6.45, 7) is 10.8. The fourth-order valence-electron chi connectivity index (χ4n) is 3.27. The molecule has 0 aromatic rings. The SMILES string of the molecule is CCCCCCC/C=C/CC1=NCC[N+]1(CC)CCNC(C)=O.